The van der Waals surface area contributed by atoms with E-state index in [9.17, 15) is 4.79 Å². The van der Waals surface area contributed by atoms with Gasteiger partial charge in [-0.1, -0.05) is 20.8 Å². The first-order valence-corrected chi connectivity index (χ1v) is 6.51. The molecule has 0 heterocycles. The number of carbonyl (C=O) groups excluding carboxylic acids is 1. The van der Waals surface area contributed by atoms with Crippen LogP contribution in [0.25, 0.3) is 0 Å². The van der Waals surface area contributed by atoms with E-state index in [2.05, 4.69) is 30.7 Å². The predicted molar refractivity (Wildman–Crippen MR) is 73.3 cm³/mol. The summed E-state index contributed by atoms with van der Waals surface area (Å²) in [5.41, 5.74) is 0. The highest BCUT2D eigenvalue weighted by Gasteiger charge is 1.89. The average molecular weight is 271 g/mol. The van der Waals surface area contributed by atoms with Crippen LogP contribution in [0, 0.1) is 0 Å². The molecule has 0 amide bonds. The molecule has 0 aliphatic heterocycles. The van der Waals surface area contributed by atoms with Gasteiger partial charge in [-0.05, 0) is 33.5 Å². The maximum Gasteiger partial charge on any atom is 0.235 e. The Morgan fingerprint density at radius 3 is 1.44 bits per heavy atom. The lowest BCUT2D eigenvalue weighted by Gasteiger charge is -2.13. The van der Waals surface area contributed by atoms with Crippen molar-refractivity contribution in [3.05, 3.63) is 0 Å². The molecule has 0 aliphatic rings. The molecule has 0 saturated carbocycles. The summed E-state index contributed by atoms with van der Waals surface area (Å²) in [6.45, 7) is 13.8. The Kier molecular flexibility index (Phi) is 27.0. The summed E-state index contributed by atoms with van der Waals surface area (Å²) in [6.07, 6.45) is 1.44. The van der Waals surface area contributed by atoms with Crippen molar-refractivity contribution in [3.8, 4) is 0 Å². The van der Waals surface area contributed by atoms with Crippen molar-refractivity contribution in [2.45, 2.75) is 40.7 Å². The normalized spacial score (nSPS) is 8.56. The number of nitrogens with zero attached hydrogens (tertiary/aromatic N) is 2. The number of hydrogen-bond donors (Lipinski definition) is 0. The molecule has 98 valence electrons. The summed E-state index contributed by atoms with van der Waals surface area (Å²) in [6, 6.07) is 0.0995. The van der Waals surface area contributed by atoms with Gasteiger partial charge in [-0.15, -0.1) is 23.2 Å². The van der Waals surface area contributed by atoms with E-state index >= 15 is 0 Å². The summed E-state index contributed by atoms with van der Waals surface area (Å²) in [7, 11) is 0. The van der Waals surface area contributed by atoms with Crippen LogP contribution in [0.4, 0.5) is 0 Å². The number of aliphatic imine (C=N–C) groups is 1. The minimum Gasteiger partial charge on any atom is -0.304 e. The number of alkyl halides is 2. The van der Waals surface area contributed by atoms with Crippen LogP contribution in [0.3, 0.4) is 0 Å². The summed E-state index contributed by atoms with van der Waals surface area (Å²) in [5.74, 6) is 0. The van der Waals surface area contributed by atoms with Gasteiger partial charge in [0.25, 0.3) is 0 Å². The number of halogens is 2. The van der Waals surface area contributed by atoms with E-state index in [1.54, 1.807) is 0 Å². The van der Waals surface area contributed by atoms with E-state index in [-0.39, 0.29) is 11.4 Å². The van der Waals surface area contributed by atoms with Gasteiger partial charge in [0.15, 0.2) is 0 Å². The maximum atomic E-state index is 9.32. The lowest BCUT2D eigenvalue weighted by Crippen LogP contribution is -2.21. The molecule has 0 radical (unpaired) electrons. The average Bonchev–Trinajstić information content (AvgIpc) is 2.22. The van der Waals surface area contributed by atoms with Gasteiger partial charge in [0.1, 0.15) is 0 Å². The second-order valence-corrected chi connectivity index (χ2v) is 3.84. The Balaban J connectivity index is -0.000000172. The Labute approximate surface area is 110 Å². The Hall–Kier alpha value is -0.0800. The Bertz CT molecular complexity index is 151. The van der Waals surface area contributed by atoms with Crippen LogP contribution in [0.5, 0.6) is 0 Å². The van der Waals surface area contributed by atoms with E-state index in [1.165, 1.54) is 25.7 Å². The van der Waals surface area contributed by atoms with Gasteiger partial charge in [0.05, 0.1) is 11.4 Å². The molecule has 0 aromatic rings. The number of isocyanates is 1. The van der Waals surface area contributed by atoms with Gasteiger partial charge in [-0.2, -0.15) is 0 Å². The fourth-order valence-corrected chi connectivity index (χ4v) is 0.776. The van der Waals surface area contributed by atoms with Crippen molar-refractivity contribution in [2.75, 3.05) is 25.0 Å². The van der Waals surface area contributed by atoms with E-state index in [0.29, 0.717) is 0 Å². The van der Waals surface area contributed by atoms with Gasteiger partial charge < -0.3 is 4.90 Å². The van der Waals surface area contributed by atoms with Crippen LogP contribution in [0.2, 0.25) is 0 Å². The fourth-order valence-electron chi connectivity index (χ4n) is 0.776. The first-order chi connectivity index (χ1) is 7.53. The molecule has 5 heteroatoms. The van der Waals surface area contributed by atoms with Crippen LogP contribution in [0.15, 0.2) is 4.99 Å². The molecule has 0 aliphatic carbocycles. The van der Waals surface area contributed by atoms with Gasteiger partial charge in [-0.25, -0.2) is 9.79 Å². The van der Waals surface area contributed by atoms with Crippen molar-refractivity contribution in [3.63, 3.8) is 0 Å². The number of rotatable bonds is 4. The molecule has 0 bridgehead atoms. The molecule has 0 spiro atoms. The zero-order valence-corrected chi connectivity index (χ0v) is 12.5. The van der Waals surface area contributed by atoms with Crippen molar-refractivity contribution in [1.29, 1.82) is 0 Å². The van der Waals surface area contributed by atoms with E-state index in [4.69, 9.17) is 23.2 Å². The Morgan fingerprint density at radius 2 is 1.44 bits per heavy atom. The van der Waals surface area contributed by atoms with Gasteiger partial charge >= 0.3 is 0 Å². The molecular formula is C11H24Cl2N2O. The summed E-state index contributed by atoms with van der Waals surface area (Å²) >= 11 is 9.53. The highest BCUT2D eigenvalue weighted by atomic mass is 35.5. The van der Waals surface area contributed by atoms with Gasteiger partial charge in [-0.3, -0.25) is 0 Å². The van der Waals surface area contributed by atoms with E-state index in [0.717, 1.165) is 0 Å². The van der Waals surface area contributed by atoms with Crippen LogP contribution in [0.1, 0.15) is 34.6 Å². The molecule has 0 aromatic heterocycles. The molecule has 3 nitrogen and oxygen atoms in total. The largest absolute Gasteiger partial charge is 0.304 e. The molecule has 16 heavy (non-hydrogen) atoms. The van der Waals surface area contributed by atoms with E-state index in [1.807, 2.05) is 13.8 Å². The van der Waals surface area contributed by atoms with Crippen molar-refractivity contribution in [1.82, 2.24) is 4.90 Å². The fraction of sp³-hybridized carbons (Fsp3) is 0.909. The minimum atomic E-state index is 0.0995. The van der Waals surface area contributed by atoms with Crippen molar-refractivity contribution < 1.29 is 4.79 Å². The summed E-state index contributed by atoms with van der Waals surface area (Å²) in [5, 5.41) is 0.194. The summed E-state index contributed by atoms with van der Waals surface area (Å²) in [4.78, 5) is 15.0. The predicted octanol–water partition coefficient (Wildman–Crippen LogP) is 3.50. The highest BCUT2D eigenvalue weighted by Crippen LogP contribution is 1.81. The van der Waals surface area contributed by atoms with Crippen molar-refractivity contribution >= 4 is 29.3 Å². The van der Waals surface area contributed by atoms with Crippen LogP contribution < -0.4 is 0 Å². The molecule has 0 fully saturated rings. The van der Waals surface area contributed by atoms with Crippen molar-refractivity contribution in [2.24, 2.45) is 4.99 Å². The third kappa shape index (κ3) is 29.2. The molecule has 0 saturated heterocycles. The van der Waals surface area contributed by atoms with Gasteiger partial charge in [0.2, 0.25) is 6.08 Å². The second kappa shape index (κ2) is 20.3. The molecule has 0 rings (SSSR count). The quantitative estimate of drug-likeness (QED) is 0.445. The van der Waals surface area contributed by atoms with Crippen LogP contribution in [-0.4, -0.2) is 42.0 Å². The van der Waals surface area contributed by atoms with Crippen LogP contribution in [-0.2, 0) is 4.79 Å². The monoisotopic (exact) mass is 270 g/mol. The zero-order chi connectivity index (χ0) is 13.4. The topological polar surface area (TPSA) is 32.7 Å². The first-order valence-electron chi connectivity index (χ1n) is 5.45. The lowest BCUT2D eigenvalue weighted by molar-refractivity contribution is 0.321. The molecule has 0 N–H and O–H groups in total. The third-order valence-electron chi connectivity index (χ3n) is 1.65. The van der Waals surface area contributed by atoms with Gasteiger partial charge in [0, 0.05) is 0 Å². The molecule has 0 atom stereocenters. The minimum absolute atomic E-state index is 0.0995. The molecule has 0 aromatic carbocycles. The zero-order valence-electron chi connectivity index (χ0n) is 11.0. The molecule has 0 unspecified atom stereocenters. The van der Waals surface area contributed by atoms with E-state index < -0.39 is 0 Å². The number of hydrogen-bond acceptors (Lipinski definition) is 3. The third-order valence-corrected chi connectivity index (χ3v) is 1.65. The second-order valence-electron chi connectivity index (χ2n) is 3.03. The van der Waals surface area contributed by atoms with Crippen LogP contribution >= 0.6 is 23.2 Å². The summed E-state index contributed by atoms with van der Waals surface area (Å²) < 4.78 is 0. The lowest BCUT2D eigenvalue weighted by atomic mass is 10.4. The first kappa shape index (κ1) is 21.2. The smallest absolute Gasteiger partial charge is 0.235 e. The maximum absolute atomic E-state index is 9.32. The standard InChI is InChI=1S/C6H15N.C4H7NO.CH2Cl2/c1-4-7(5-2)6-3;1-4(2)5-3-6;2-1-3/h4-6H2,1-3H3;4H,1-2H3;1H2. The highest BCUT2D eigenvalue weighted by molar-refractivity contribution is 6.40. The Morgan fingerprint density at radius 1 is 1.12 bits per heavy atom. The SMILES string of the molecule is CC(C)N=C=O.CCN(CC)CC.ClCCl. The molecular weight excluding hydrogens is 247 g/mol.